The first-order valence-corrected chi connectivity index (χ1v) is 6.49. The van der Waals surface area contributed by atoms with Gasteiger partial charge in [-0.25, -0.2) is 0 Å². The molecule has 88 valence electrons. The zero-order valence-electron chi connectivity index (χ0n) is 11.3. The third kappa shape index (κ3) is 2.16. The average molecular weight is 216 g/mol. The Kier molecular flexibility index (Phi) is 2.86. The third-order valence-corrected chi connectivity index (χ3v) is 4.05. The van der Waals surface area contributed by atoms with Crippen LogP contribution in [0.3, 0.4) is 0 Å². The number of fused-ring (bicyclic) bond motifs is 1. The zero-order valence-corrected chi connectivity index (χ0v) is 11.3. The molecule has 0 amide bonds. The predicted octanol–water partition coefficient (Wildman–Crippen LogP) is 4.57. The average Bonchev–Trinajstić information content (AvgIpc) is 2.58. The van der Waals surface area contributed by atoms with Crippen molar-refractivity contribution in [2.75, 3.05) is 0 Å². The van der Waals surface area contributed by atoms with Gasteiger partial charge in [-0.15, -0.1) is 0 Å². The van der Waals surface area contributed by atoms with E-state index in [9.17, 15) is 0 Å². The van der Waals surface area contributed by atoms with Crippen LogP contribution in [0.5, 0.6) is 0 Å². The maximum atomic E-state index is 2.44. The Bertz CT molecular complexity index is 380. The Morgan fingerprint density at radius 2 is 1.69 bits per heavy atom. The van der Waals surface area contributed by atoms with E-state index >= 15 is 0 Å². The van der Waals surface area contributed by atoms with Crippen molar-refractivity contribution in [2.45, 2.75) is 53.4 Å². The molecule has 0 nitrogen and oxygen atoms in total. The van der Waals surface area contributed by atoms with Gasteiger partial charge in [-0.3, -0.25) is 0 Å². The van der Waals surface area contributed by atoms with Crippen LogP contribution in [0.15, 0.2) is 18.2 Å². The lowest BCUT2D eigenvalue weighted by Gasteiger charge is -2.26. The van der Waals surface area contributed by atoms with Crippen LogP contribution in [0.2, 0.25) is 0 Å². The molecule has 0 saturated heterocycles. The minimum atomic E-state index is 0.441. The quantitative estimate of drug-likeness (QED) is 0.645. The summed E-state index contributed by atoms with van der Waals surface area (Å²) in [6.07, 6.45) is 2.55. The summed E-state index contributed by atoms with van der Waals surface area (Å²) >= 11 is 0. The normalized spacial score (nSPS) is 20.2. The van der Waals surface area contributed by atoms with Gasteiger partial charge in [0.25, 0.3) is 0 Å². The molecule has 1 aliphatic carbocycles. The first kappa shape index (κ1) is 11.7. The first-order valence-electron chi connectivity index (χ1n) is 6.49. The molecule has 0 heterocycles. The number of hydrogen-bond acceptors (Lipinski definition) is 0. The summed E-state index contributed by atoms with van der Waals surface area (Å²) in [6.45, 7) is 11.7. The molecule has 0 bridgehead atoms. The molecule has 0 spiro atoms. The summed E-state index contributed by atoms with van der Waals surface area (Å²) in [5.41, 5.74) is 5.13. The fourth-order valence-electron chi connectivity index (χ4n) is 2.61. The van der Waals surface area contributed by atoms with E-state index in [4.69, 9.17) is 0 Å². The third-order valence-electron chi connectivity index (χ3n) is 4.05. The summed E-state index contributed by atoms with van der Waals surface area (Å²) in [6, 6.07) is 7.11. The molecule has 1 aromatic rings. The van der Waals surface area contributed by atoms with Gasteiger partial charge >= 0.3 is 0 Å². The predicted molar refractivity (Wildman–Crippen MR) is 70.9 cm³/mol. The highest BCUT2D eigenvalue weighted by molar-refractivity contribution is 5.37. The minimum absolute atomic E-state index is 0.441. The first-order chi connectivity index (χ1) is 7.38. The van der Waals surface area contributed by atoms with E-state index in [1.165, 1.54) is 18.4 Å². The lowest BCUT2D eigenvalue weighted by Crippen LogP contribution is -2.20. The molecule has 2 rings (SSSR count). The van der Waals surface area contributed by atoms with Gasteiger partial charge in [0.05, 0.1) is 0 Å². The fraction of sp³-hybridized carbons (Fsp3) is 0.625. The van der Waals surface area contributed by atoms with E-state index in [0.717, 1.165) is 5.92 Å². The summed E-state index contributed by atoms with van der Waals surface area (Å²) < 4.78 is 0. The Morgan fingerprint density at radius 1 is 1.06 bits per heavy atom. The van der Waals surface area contributed by atoms with Gasteiger partial charge < -0.3 is 0 Å². The highest BCUT2D eigenvalue weighted by Gasteiger charge is 2.30. The van der Waals surface area contributed by atoms with Gasteiger partial charge in [-0.2, -0.15) is 0 Å². The molecule has 0 heteroatoms. The van der Waals surface area contributed by atoms with E-state index in [1.54, 1.807) is 11.1 Å². The number of rotatable bonds is 1. The summed E-state index contributed by atoms with van der Waals surface area (Å²) in [7, 11) is 0. The topological polar surface area (TPSA) is 0 Å². The second-order valence-electron chi connectivity index (χ2n) is 6.65. The standard InChI is InChI=1S/C16H24/c1-11(2)12-6-7-13-9-15(16(3,4)5)10-14(13)8-12/h6-8,11,15H,9-10H2,1-5H3. The van der Waals surface area contributed by atoms with Crippen molar-refractivity contribution in [3.63, 3.8) is 0 Å². The Hall–Kier alpha value is -0.780. The van der Waals surface area contributed by atoms with Crippen molar-refractivity contribution < 1.29 is 0 Å². The van der Waals surface area contributed by atoms with Crippen molar-refractivity contribution in [3.05, 3.63) is 34.9 Å². The highest BCUT2D eigenvalue weighted by atomic mass is 14.4. The fourth-order valence-corrected chi connectivity index (χ4v) is 2.61. The van der Waals surface area contributed by atoms with E-state index in [-0.39, 0.29) is 0 Å². The smallest absolute Gasteiger partial charge is 0.0219 e. The molecule has 1 atom stereocenters. The van der Waals surface area contributed by atoms with Crippen LogP contribution in [-0.4, -0.2) is 0 Å². The maximum Gasteiger partial charge on any atom is -0.0219 e. The lowest BCUT2D eigenvalue weighted by atomic mass is 9.79. The van der Waals surface area contributed by atoms with E-state index in [2.05, 4.69) is 52.8 Å². The summed E-state index contributed by atoms with van der Waals surface area (Å²) in [4.78, 5) is 0. The van der Waals surface area contributed by atoms with Crippen molar-refractivity contribution >= 4 is 0 Å². The molecule has 1 aliphatic rings. The molecule has 0 fully saturated rings. The van der Waals surface area contributed by atoms with Crippen LogP contribution in [0.1, 0.15) is 57.2 Å². The van der Waals surface area contributed by atoms with Gasteiger partial charge in [0, 0.05) is 0 Å². The van der Waals surface area contributed by atoms with Gasteiger partial charge in [0.15, 0.2) is 0 Å². The molecule has 0 radical (unpaired) electrons. The van der Waals surface area contributed by atoms with Crippen LogP contribution in [0, 0.1) is 11.3 Å². The lowest BCUT2D eigenvalue weighted by molar-refractivity contribution is 0.251. The SMILES string of the molecule is CC(C)c1ccc2c(c1)CC(C(C)(C)C)C2. The largest absolute Gasteiger partial charge is 0.0599 e. The number of hydrogen-bond donors (Lipinski definition) is 0. The molecule has 16 heavy (non-hydrogen) atoms. The molecule has 0 aromatic heterocycles. The maximum absolute atomic E-state index is 2.44. The second kappa shape index (κ2) is 3.91. The van der Waals surface area contributed by atoms with Crippen molar-refractivity contribution in [1.82, 2.24) is 0 Å². The van der Waals surface area contributed by atoms with Crippen molar-refractivity contribution in [1.29, 1.82) is 0 Å². The summed E-state index contributed by atoms with van der Waals surface area (Å²) in [5.74, 6) is 1.48. The van der Waals surface area contributed by atoms with Crippen molar-refractivity contribution in [2.24, 2.45) is 11.3 Å². The van der Waals surface area contributed by atoms with Gasteiger partial charge in [-0.05, 0) is 46.8 Å². The zero-order chi connectivity index (χ0) is 11.9. The van der Waals surface area contributed by atoms with Crippen molar-refractivity contribution in [3.8, 4) is 0 Å². The van der Waals surface area contributed by atoms with Gasteiger partial charge in [0.2, 0.25) is 0 Å². The summed E-state index contributed by atoms with van der Waals surface area (Å²) in [5, 5.41) is 0. The molecule has 1 aromatic carbocycles. The monoisotopic (exact) mass is 216 g/mol. The Morgan fingerprint density at radius 3 is 2.25 bits per heavy atom. The van der Waals surface area contributed by atoms with Crippen LogP contribution < -0.4 is 0 Å². The molecule has 1 unspecified atom stereocenters. The van der Waals surface area contributed by atoms with Crippen LogP contribution in [0.25, 0.3) is 0 Å². The van der Waals surface area contributed by atoms with Crippen LogP contribution in [-0.2, 0) is 12.8 Å². The number of benzene rings is 1. The van der Waals surface area contributed by atoms with E-state index in [0.29, 0.717) is 11.3 Å². The van der Waals surface area contributed by atoms with E-state index < -0.39 is 0 Å². The molecular weight excluding hydrogens is 192 g/mol. The molecule has 0 aliphatic heterocycles. The Balaban J connectivity index is 2.25. The second-order valence-corrected chi connectivity index (χ2v) is 6.65. The minimum Gasteiger partial charge on any atom is -0.0599 e. The van der Waals surface area contributed by atoms with Crippen LogP contribution >= 0.6 is 0 Å². The highest BCUT2D eigenvalue weighted by Crippen LogP contribution is 2.39. The van der Waals surface area contributed by atoms with Crippen LogP contribution in [0.4, 0.5) is 0 Å². The van der Waals surface area contributed by atoms with Gasteiger partial charge in [0.1, 0.15) is 0 Å². The van der Waals surface area contributed by atoms with Gasteiger partial charge in [-0.1, -0.05) is 52.8 Å². The molecule has 0 saturated carbocycles. The van der Waals surface area contributed by atoms with E-state index in [1.807, 2.05) is 0 Å². The molecular formula is C16H24. The molecule has 0 N–H and O–H groups in total. The Labute approximate surface area is 100 Å².